The Hall–Kier alpha value is -0.560. The molecule has 0 bridgehead atoms. The van der Waals surface area contributed by atoms with Crippen molar-refractivity contribution in [2.24, 2.45) is 5.92 Å². The molecule has 0 heterocycles. The summed E-state index contributed by atoms with van der Waals surface area (Å²) in [6.07, 6.45) is 13.8. The van der Waals surface area contributed by atoms with Crippen molar-refractivity contribution in [3.05, 3.63) is 24.3 Å². The van der Waals surface area contributed by atoms with E-state index in [0.29, 0.717) is 5.92 Å². The molecule has 1 aliphatic rings. The van der Waals surface area contributed by atoms with Crippen LogP contribution in [0.2, 0.25) is 0 Å². The van der Waals surface area contributed by atoms with Crippen LogP contribution in [0.1, 0.15) is 39.0 Å². The molecular weight excluding hydrogens is 160 g/mol. The van der Waals surface area contributed by atoms with Crippen LogP contribution in [0.15, 0.2) is 24.3 Å². The minimum atomic E-state index is -0.132. The molecule has 1 nitrogen and oxygen atoms in total. The Balaban J connectivity index is 2.19. The minimum Gasteiger partial charge on any atom is -0.393 e. The molecule has 13 heavy (non-hydrogen) atoms. The summed E-state index contributed by atoms with van der Waals surface area (Å²) in [6.45, 7) is 2.19. The van der Waals surface area contributed by atoms with E-state index < -0.39 is 0 Å². The van der Waals surface area contributed by atoms with Crippen LogP contribution in [-0.2, 0) is 0 Å². The molecule has 0 aromatic heterocycles. The van der Waals surface area contributed by atoms with Crippen LogP contribution in [0, 0.1) is 5.92 Å². The van der Waals surface area contributed by atoms with E-state index in [1.54, 1.807) is 0 Å². The van der Waals surface area contributed by atoms with Crippen LogP contribution in [0.25, 0.3) is 0 Å². The van der Waals surface area contributed by atoms with E-state index in [2.05, 4.69) is 25.2 Å². The van der Waals surface area contributed by atoms with Gasteiger partial charge in [-0.2, -0.15) is 0 Å². The third kappa shape index (κ3) is 3.77. The van der Waals surface area contributed by atoms with Crippen LogP contribution in [0.4, 0.5) is 0 Å². The van der Waals surface area contributed by atoms with Crippen LogP contribution < -0.4 is 0 Å². The second-order valence-electron chi connectivity index (χ2n) is 3.78. The number of rotatable bonds is 5. The number of hydrogen-bond donors (Lipinski definition) is 1. The first-order valence-electron chi connectivity index (χ1n) is 5.36. The highest BCUT2D eigenvalue weighted by Gasteiger charge is 2.15. The summed E-state index contributed by atoms with van der Waals surface area (Å²) in [6, 6.07) is 0. The van der Waals surface area contributed by atoms with E-state index in [1.807, 2.05) is 6.08 Å². The summed E-state index contributed by atoms with van der Waals surface area (Å²) in [4.78, 5) is 0. The van der Waals surface area contributed by atoms with Gasteiger partial charge in [-0.1, -0.05) is 50.5 Å². The lowest BCUT2D eigenvalue weighted by Gasteiger charge is -2.19. The summed E-state index contributed by atoms with van der Waals surface area (Å²) in [5.41, 5.74) is 0. The molecule has 2 unspecified atom stereocenters. The predicted octanol–water partition coefficient (Wildman–Crippen LogP) is 3.06. The predicted molar refractivity (Wildman–Crippen MR) is 56.5 cm³/mol. The average Bonchev–Trinajstić information content (AvgIpc) is 2.19. The fourth-order valence-corrected chi connectivity index (χ4v) is 1.70. The lowest BCUT2D eigenvalue weighted by atomic mass is 9.91. The van der Waals surface area contributed by atoms with E-state index in [4.69, 9.17) is 0 Å². The van der Waals surface area contributed by atoms with E-state index in [1.165, 1.54) is 12.8 Å². The summed E-state index contributed by atoms with van der Waals surface area (Å²) < 4.78 is 0. The molecule has 0 saturated heterocycles. The third-order valence-electron chi connectivity index (χ3n) is 2.61. The van der Waals surface area contributed by atoms with Gasteiger partial charge in [-0.15, -0.1) is 0 Å². The lowest BCUT2D eigenvalue weighted by Crippen LogP contribution is -2.18. The van der Waals surface area contributed by atoms with Crippen molar-refractivity contribution in [1.82, 2.24) is 0 Å². The zero-order valence-electron chi connectivity index (χ0n) is 8.45. The Morgan fingerprint density at radius 2 is 2.23 bits per heavy atom. The SMILES string of the molecule is CCCCCC(O)C1C=CC=CC1. The maximum atomic E-state index is 9.82. The van der Waals surface area contributed by atoms with E-state index in [0.717, 1.165) is 19.3 Å². The first-order valence-corrected chi connectivity index (χ1v) is 5.36. The average molecular weight is 180 g/mol. The molecule has 1 aliphatic carbocycles. The van der Waals surface area contributed by atoms with E-state index in [-0.39, 0.29) is 6.10 Å². The highest BCUT2D eigenvalue weighted by molar-refractivity contribution is 5.11. The van der Waals surface area contributed by atoms with Crippen molar-refractivity contribution < 1.29 is 5.11 Å². The zero-order chi connectivity index (χ0) is 9.52. The molecule has 0 aliphatic heterocycles. The van der Waals surface area contributed by atoms with Crippen molar-refractivity contribution in [1.29, 1.82) is 0 Å². The van der Waals surface area contributed by atoms with Gasteiger partial charge in [0.15, 0.2) is 0 Å². The number of aliphatic hydroxyl groups excluding tert-OH is 1. The molecule has 0 saturated carbocycles. The maximum absolute atomic E-state index is 9.82. The highest BCUT2D eigenvalue weighted by atomic mass is 16.3. The molecule has 0 spiro atoms. The molecule has 0 fully saturated rings. The van der Waals surface area contributed by atoms with E-state index >= 15 is 0 Å². The van der Waals surface area contributed by atoms with Gasteiger partial charge in [0.2, 0.25) is 0 Å². The molecule has 0 radical (unpaired) electrons. The highest BCUT2D eigenvalue weighted by Crippen LogP contribution is 2.19. The second kappa shape index (κ2) is 5.98. The Morgan fingerprint density at radius 1 is 1.38 bits per heavy atom. The Kier molecular flexibility index (Phi) is 4.84. The van der Waals surface area contributed by atoms with Crippen molar-refractivity contribution >= 4 is 0 Å². The Labute approximate surface area is 81.2 Å². The normalized spacial score (nSPS) is 23.4. The molecule has 0 amide bonds. The maximum Gasteiger partial charge on any atom is 0.0605 e. The van der Waals surface area contributed by atoms with Crippen LogP contribution >= 0.6 is 0 Å². The molecule has 1 N–H and O–H groups in total. The largest absolute Gasteiger partial charge is 0.393 e. The molecule has 1 heteroatoms. The number of allylic oxidation sites excluding steroid dienone is 3. The fraction of sp³-hybridized carbons (Fsp3) is 0.667. The standard InChI is InChI=1S/C12H20O/c1-2-3-5-10-12(13)11-8-6-4-7-9-11/h4,6-8,11-13H,2-3,5,9-10H2,1H3. The number of hydrogen-bond acceptors (Lipinski definition) is 1. The molecular formula is C12H20O. The van der Waals surface area contributed by atoms with Crippen molar-refractivity contribution in [3.63, 3.8) is 0 Å². The van der Waals surface area contributed by atoms with Crippen LogP contribution in [0.5, 0.6) is 0 Å². The molecule has 74 valence electrons. The fourth-order valence-electron chi connectivity index (χ4n) is 1.70. The molecule has 0 aromatic rings. The van der Waals surface area contributed by atoms with Crippen molar-refractivity contribution in [2.75, 3.05) is 0 Å². The molecule has 0 aromatic carbocycles. The van der Waals surface area contributed by atoms with Gasteiger partial charge < -0.3 is 5.11 Å². The van der Waals surface area contributed by atoms with Gasteiger partial charge in [-0.25, -0.2) is 0 Å². The first kappa shape index (κ1) is 10.5. The number of unbranched alkanes of at least 4 members (excludes halogenated alkanes) is 2. The Morgan fingerprint density at radius 3 is 2.85 bits per heavy atom. The van der Waals surface area contributed by atoms with Crippen LogP contribution in [0.3, 0.4) is 0 Å². The van der Waals surface area contributed by atoms with Gasteiger partial charge in [-0.3, -0.25) is 0 Å². The topological polar surface area (TPSA) is 20.2 Å². The molecule has 1 rings (SSSR count). The monoisotopic (exact) mass is 180 g/mol. The van der Waals surface area contributed by atoms with Gasteiger partial charge in [0.1, 0.15) is 0 Å². The summed E-state index contributed by atoms with van der Waals surface area (Å²) in [5, 5.41) is 9.82. The third-order valence-corrected chi connectivity index (χ3v) is 2.61. The van der Waals surface area contributed by atoms with Gasteiger partial charge >= 0.3 is 0 Å². The lowest BCUT2D eigenvalue weighted by molar-refractivity contribution is 0.118. The smallest absolute Gasteiger partial charge is 0.0605 e. The second-order valence-corrected chi connectivity index (χ2v) is 3.78. The number of aliphatic hydroxyl groups is 1. The summed E-state index contributed by atoms with van der Waals surface area (Å²) >= 11 is 0. The van der Waals surface area contributed by atoms with Crippen molar-refractivity contribution in [3.8, 4) is 0 Å². The minimum absolute atomic E-state index is 0.132. The van der Waals surface area contributed by atoms with E-state index in [9.17, 15) is 5.11 Å². The summed E-state index contributed by atoms with van der Waals surface area (Å²) in [5.74, 6) is 0.363. The van der Waals surface area contributed by atoms with Gasteiger partial charge in [-0.05, 0) is 12.8 Å². The van der Waals surface area contributed by atoms with Gasteiger partial charge in [0.05, 0.1) is 6.10 Å². The summed E-state index contributed by atoms with van der Waals surface area (Å²) in [7, 11) is 0. The Bertz CT molecular complexity index is 182. The first-order chi connectivity index (χ1) is 6.34. The van der Waals surface area contributed by atoms with Gasteiger partial charge in [0, 0.05) is 5.92 Å². The zero-order valence-corrected chi connectivity index (χ0v) is 8.45. The molecule has 2 atom stereocenters. The van der Waals surface area contributed by atoms with Crippen LogP contribution in [-0.4, -0.2) is 11.2 Å². The quantitative estimate of drug-likeness (QED) is 0.645. The van der Waals surface area contributed by atoms with Crippen molar-refractivity contribution in [2.45, 2.75) is 45.1 Å². The van der Waals surface area contributed by atoms with Gasteiger partial charge in [0.25, 0.3) is 0 Å².